The van der Waals surface area contributed by atoms with Crippen LogP contribution in [0.15, 0.2) is 27.1 Å². The third-order valence-corrected chi connectivity index (χ3v) is 4.72. The molecule has 0 spiro atoms. The Kier molecular flexibility index (Phi) is 4.45. The van der Waals surface area contributed by atoms with Gasteiger partial charge in [0.25, 0.3) is 0 Å². The normalized spacial score (nSPS) is 18.4. The highest BCUT2D eigenvalue weighted by Gasteiger charge is 2.35. The third kappa shape index (κ3) is 2.95. The fourth-order valence-electron chi connectivity index (χ4n) is 2.26. The monoisotopic (exact) mass is 374 g/mol. The molecule has 0 heterocycles. The maximum atomic E-state index is 12.3. The van der Waals surface area contributed by atoms with E-state index >= 15 is 0 Å². The second-order valence-electron chi connectivity index (χ2n) is 4.77. The molecule has 98 valence electrons. The van der Waals surface area contributed by atoms with Crippen LogP contribution in [-0.2, 0) is 4.79 Å². The van der Waals surface area contributed by atoms with Crippen LogP contribution in [-0.4, -0.2) is 11.4 Å². The van der Waals surface area contributed by atoms with Crippen LogP contribution < -0.4 is 11.1 Å². The number of rotatable bonds is 2. The predicted molar refractivity (Wildman–Crippen MR) is 80.5 cm³/mol. The summed E-state index contributed by atoms with van der Waals surface area (Å²) in [6.07, 6.45) is 4.76. The summed E-state index contributed by atoms with van der Waals surface area (Å²) in [5.41, 5.74) is 6.24. The first kappa shape index (κ1) is 14.0. The fourth-order valence-corrected chi connectivity index (χ4v) is 3.46. The van der Waals surface area contributed by atoms with Crippen LogP contribution in [0.1, 0.15) is 32.1 Å². The Balaban J connectivity index is 2.16. The summed E-state index contributed by atoms with van der Waals surface area (Å²) in [5.74, 6) is -0.0881. The lowest BCUT2D eigenvalue weighted by Gasteiger charge is -2.32. The van der Waals surface area contributed by atoms with Crippen molar-refractivity contribution in [1.82, 2.24) is 0 Å². The van der Waals surface area contributed by atoms with Gasteiger partial charge in [0.1, 0.15) is 0 Å². The van der Waals surface area contributed by atoms with Gasteiger partial charge >= 0.3 is 0 Å². The molecule has 1 fully saturated rings. The number of nitrogens with one attached hydrogen (secondary N) is 1. The van der Waals surface area contributed by atoms with Crippen LogP contribution in [0.25, 0.3) is 0 Å². The number of benzene rings is 1. The minimum Gasteiger partial charge on any atom is -0.323 e. The molecule has 0 unspecified atom stereocenters. The van der Waals surface area contributed by atoms with E-state index in [1.165, 1.54) is 6.42 Å². The highest BCUT2D eigenvalue weighted by atomic mass is 79.9. The van der Waals surface area contributed by atoms with E-state index in [1.807, 2.05) is 18.2 Å². The molecule has 1 aromatic carbocycles. The molecule has 0 bridgehead atoms. The van der Waals surface area contributed by atoms with Gasteiger partial charge in [-0.3, -0.25) is 4.79 Å². The Morgan fingerprint density at radius 1 is 1.17 bits per heavy atom. The lowest BCUT2D eigenvalue weighted by molar-refractivity contribution is -0.122. The number of nitrogens with two attached hydrogens (primary N) is 1. The standard InChI is InChI=1S/C13H16Br2N2O/c14-9-5-4-6-10(15)11(9)17-12(18)13(16)7-2-1-3-8-13/h4-6H,1-3,7-8,16H2,(H,17,18). The Morgan fingerprint density at radius 2 is 1.72 bits per heavy atom. The van der Waals surface area contributed by atoms with E-state index in [0.717, 1.165) is 40.3 Å². The number of anilines is 1. The third-order valence-electron chi connectivity index (χ3n) is 3.40. The molecule has 18 heavy (non-hydrogen) atoms. The zero-order chi connectivity index (χ0) is 13.2. The Bertz CT molecular complexity index is 436. The highest BCUT2D eigenvalue weighted by Crippen LogP contribution is 2.33. The van der Waals surface area contributed by atoms with Gasteiger partial charge in [0, 0.05) is 8.95 Å². The number of hydrogen-bond acceptors (Lipinski definition) is 2. The van der Waals surface area contributed by atoms with Crippen molar-refractivity contribution in [2.45, 2.75) is 37.6 Å². The van der Waals surface area contributed by atoms with Gasteiger partial charge in [-0.2, -0.15) is 0 Å². The van der Waals surface area contributed by atoms with Crippen molar-refractivity contribution in [3.8, 4) is 0 Å². The number of carbonyl (C=O) groups excluding carboxylic acids is 1. The lowest BCUT2D eigenvalue weighted by Crippen LogP contribution is -2.52. The summed E-state index contributed by atoms with van der Waals surface area (Å²) < 4.78 is 1.70. The minimum absolute atomic E-state index is 0.0881. The number of carbonyl (C=O) groups is 1. The van der Waals surface area contributed by atoms with Crippen molar-refractivity contribution in [3.63, 3.8) is 0 Å². The van der Waals surface area contributed by atoms with Gasteiger partial charge in [-0.25, -0.2) is 0 Å². The lowest BCUT2D eigenvalue weighted by atomic mass is 9.82. The first-order valence-corrected chi connectivity index (χ1v) is 7.66. The second-order valence-corrected chi connectivity index (χ2v) is 6.48. The summed E-state index contributed by atoms with van der Waals surface area (Å²) in [4.78, 5) is 12.3. The van der Waals surface area contributed by atoms with Crippen LogP contribution in [0.3, 0.4) is 0 Å². The Labute approximate surface area is 124 Å². The van der Waals surface area contributed by atoms with Gasteiger partial charge in [-0.05, 0) is 56.8 Å². The van der Waals surface area contributed by atoms with E-state index in [9.17, 15) is 4.79 Å². The van der Waals surface area contributed by atoms with E-state index in [-0.39, 0.29) is 5.91 Å². The van der Waals surface area contributed by atoms with Gasteiger partial charge in [-0.15, -0.1) is 0 Å². The number of halogens is 2. The Morgan fingerprint density at radius 3 is 2.28 bits per heavy atom. The van der Waals surface area contributed by atoms with Gasteiger partial charge < -0.3 is 11.1 Å². The number of amides is 1. The molecule has 5 heteroatoms. The van der Waals surface area contributed by atoms with Gasteiger partial charge in [0.2, 0.25) is 5.91 Å². The highest BCUT2D eigenvalue weighted by molar-refractivity contribution is 9.11. The van der Waals surface area contributed by atoms with E-state index in [4.69, 9.17) is 5.73 Å². The average Bonchev–Trinajstić information content (AvgIpc) is 2.34. The molecule has 2 rings (SSSR count). The van der Waals surface area contributed by atoms with Crippen LogP contribution >= 0.6 is 31.9 Å². The van der Waals surface area contributed by atoms with E-state index in [2.05, 4.69) is 37.2 Å². The zero-order valence-corrected chi connectivity index (χ0v) is 13.2. The zero-order valence-electron chi connectivity index (χ0n) is 10.0. The maximum Gasteiger partial charge on any atom is 0.244 e. The van der Waals surface area contributed by atoms with E-state index < -0.39 is 5.54 Å². The van der Waals surface area contributed by atoms with Crippen molar-refractivity contribution >= 4 is 43.5 Å². The van der Waals surface area contributed by atoms with E-state index in [0.29, 0.717) is 0 Å². The molecule has 0 aromatic heterocycles. The molecule has 1 aromatic rings. The largest absolute Gasteiger partial charge is 0.323 e. The molecule has 0 aliphatic heterocycles. The topological polar surface area (TPSA) is 55.1 Å². The first-order chi connectivity index (χ1) is 8.53. The van der Waals surface area contributed by atoms with E-state index in [1.54, 1.807) is 0 Å². The SMILES string of the molecule is NC1(C(=O)Nc2c(Br)cccc2Br)CCCCC1. The first-order valence-electron chi connectivity index (χ1n) is 6.07. The number of hydrogen-bond donors (Lipinski definition) is 2. The molecule has 3 nitrogen and oxygen atoms in total. The molecule has 1 aliphatic carbocycles. The summed E-state index contributed by atoms with van der Waals surface area (Å²) in [6.45, 7) is 0. The minimum atomic E-state index is -0.715. The molecule has 0 radical (unpaired) electrons. The summed E-state index contributed by atoms with van der Waals surface area (Å²) >= 11 is 6.86. The maximum absolute atomic E-state index is 12.3. The molecule has 0 saturated heterocycles. The second kappa shape index (κ2) is 5.72. The number of para-hydroxylation sites is 1. The summed E-state index contributed by atoms with van der Waals surface area (Å²) in [6, 6.07) is 5.69. The van der Waals surface area contributed by atoms with Gasteiger partial charge in [-0.1, -0.05) is 25.3 Å². The molecular weight excluding hydrogens is 360 g/mol. The molecule has 3 N–H and O–H groups in total. The fraction of sp³-hybridized carbons (Fsp3) is 0.462. The summed E-state index contributed by atoms with van der Waals surface area (Å²) in [5, 5.41) is 2.93. The Hall–Kier alpha value is -0.390. The van der Waals surface area contributed by atoms with Crippen molar-refractivity contribution in [1.29, 1.82) is 0 Å². The van der Waals surface area contributed by atoms with Crippen molar-refractivity contribution in [2.75, 3.05) is 5.32 Å². The summed E-state index contributed by atoms with van der Waals surface area (Å²) in [7, 11) is 0. The van der Waals surface area contributed by atoms with Crippen molar-refractivity contribution < 1.29 is 4.79 Å². The van der Waals surface area contributed by atoms with Crippen LogP contribution in [0, 0.1) is 0 Å². The van der Waals surface area contributed by atoms with Gasteiger partial charge in [0.15, 0.2) is 0 Å². The average molecular weight is 376 g/mol. The molecule has 1 amide bonds. The van der Waals surface area contributed by atoms with Gasteiger partial charge in [0.05, 0.1) is 11.2 Å². The smallest absolute Gasteiger partial charge is 0.244 e. The van der Waals surface area contributed by atoms with Crippen LogP contribution in [0.5, 0.6) is 0 Å². The molecule has 1 aliphatic rings. The van der Waals surface area contributed by atoms with Crippen LogP contribution in [0.2, 0.25) is 0 Å². The van der Waals surface area contributed by atoms with Crippen molar-refractivity contribution in [3.05, 3.63) is 27.1 Å². The quantitative estimate of drug-likeness (QED) is 0.825. The van der Waals surface area contributed by atoms with Crippen LogP contribution in [0.4, 0.5) is 5.69 Å². The molecular formula is C13H16Br2N2O. The molecule has 0 atom stereocenters. The predicted octanol–water partition coefficient (Wildman–Crippen LogP) is 3.81. The van der Waals surface area contributed by atoms with Crippen molar-refractivity contribution in [2.24, 2.45) is 5.73 Å². The molecule has 1 saturated carbocycles.